The van der Waals surface area contributed by atoms with Crippen molar-refractivity contribution in [1.29, 1.82) is 0 Å². The lowest BCUT2D eigenvalue weighted by Gasteiger charge is -2.12. The van der Waals surface area contributed by atoms with Crippen LogP contribution in [0.5, 0.6) is 5.75 Å². The molecule has 0 spiro atoms. The summed E-state index contributed by atoms with van der Waals surface area (Å²) in [7, 11) is 1.53. The molecule has 0 radical (unpaired) electrons. The Kier molecular flexibility index (Phi) is 6.28. The Morgan fingerprint density at radius 3 is 2.56 bits per heavy atom. The van der Waals surface area contributed by atoms with Crippen LogP contribution in [-0.2, 0) is 14.3 Å². The van der Waals surface area contributed by atoms with Gasteiger partial charge in [0.05, 0.1) is 7.11 Å². The van der Waals surface area contributed by atoms with Crippen LogP contribution in [0.2, 0.25) is 0 Å². The van der Waals surface area contributed by atoms with E-state index < -0.39 is 18.0 Å². The Labute approximate surface area is 145 Å². The molecule has 0 saturated heterocycles. The predicted octanol–water partition coefficient (Wildman–Crippen LogP) is 3.42. The molecule has 2 aromatic carbocycles. The minimum atomic E-state index is -0.975. The highest BCUT2D eigenvalue weighted by atomic mass is 19.1. The number of anilines is 1. The smallest absolute Gasteiger partial charge is 0.331 e. The van der Waals surface area contributed by atoms with Crippen LogP contribution in [0.15, 0.2) is 54.6 Å². The van der Waals surface area contributed by atoms with Crippen LogP contribution in [0.25, 0.3) is 6.08 Å². The fourth-order valence-corrected chi connectivity index (χ4v) is 1.95. The molecule has 2 aromatic rings. The molecule has 0 aromatic heterocycles. The highest BCUT2D eigenvalue weighted by Gasteiger charge is 2.16. The van der Waals surface area contributed by atoms with E-state index in [1.807, 2.05) is 0 Å². The van der Waals surface area contributed by atoms with Gasteiger partial charge in [-0.1, -0.05) is 18.2 Å². The zero-order valence-corrected chi connectivity index (χ0v) is 13.9. The van der Waals surface area contributed by atoms with E-state index in [1.54, 1.807) is 24.3 Å². The molecule has 0 saturated carbocycles. The number of benzene rings is 2. The lowest BCUT2D eigenvalue weighted by molar-refractivity contribution is -0.148. The monoisotopic (exact) mass is 343 g/mol. The first-order valence-corrected chi connectivity index (χ1v) is 7.57. The molecule has 0 bridgehead atoms. The topological polar surface area (TPSA) is 64.6 Å². The number of methoxy groups -OCH3 is 1. The molecular weight excluding hydrogens is 325 g/mol. The third-order valence-electron chi connectivity index (χ3n) is 3.28. The van der Waals surface area contributed by atoms with Gasteiger partial charge in [-0.3, -0.25) is 4.79 Å². The van der Waals surface area contributed by atoms with Crippen molar-refractivity contribution in [1.82, 2.24) is 0 Å². The third kappa shape index (κ3) is 5.76. The standard InChI is InChI=1S/C19H18FNO4/c1-13(19(23)21-16-4-3-5-17(12-16)24-2)25-18(22)11-8-14-6-9-15(20)10-7-14/h3-13H,1-2H3,(H,21,23)/b11-8+/t13-/m0/s1. The second-order valence-corrected chi connectivity index (χ2v) is 5.19. The summed E-state index contributed by atoms with van der Waals surface area (Å²) in [4.78, 5) is 23.8. The average molecular weight is 343 g/mol. The van der Waals surface area contributed by atoms with Crippen molar-refractivity contribution >= 4 is 23.6 Å². The van der Waals surface area contributed by atoms with Gasteiger partial charge in [0.15, 0.2) is 6.10 Å². The first-order chi connectivity index (χ1) is 12.0. The third-order valence-corrected chi connectivity index (χ3v) is 3.28. The van der Waals surface area contributed by atoms with Crippen molar-refractivity contribution in [3.63, 3.8) is 0 Å². The Hall–Kier alpha value is -3.15. The highest BCUT2D eigenvalue weighted by Crippen LogP contribution is 2.17. The number of halogens is 1. The number of hydrogen-bond donors (Lipinski definition) is 1. The molecule has 1 amide bonds. The second kappa shape index (κ2) is 8.63. The van der Waals surface area contributed by atoms with Gasteiger partial charge in [-0.2, -0.15) is 0 Å². The van der Waals surface area contributed by atoms with Crippen molar-refractivity contribution in [2.24, 2.45) is 0 Å². The van der Waals surface area contributed by atoms with E-state index in [-0.39, 0.29) is 5.82 Å². The van der Waals surface area contributed by atoms with Gasteiger partial charge in [0.2, 0.25) is 0 Å². The van der Waals surface area contributed by atoms with Crippen LogP contribution in [0.4, 0.5) is 10.1 Å². The number of amides is 1. The molecule has 0 unspecified atom stereocenters. The SMILES string of the molecule is COc1cccc(NC(=O)[C@H](C)OC(=O)/C=C/c2ccc(F)cc2)c1. The number of nitrogens with one attached hydrogen (secondary N) is 1. The first-order valence-electron chi connectivity index (χ1n) is 7.57. The molecule has 0 aliphatic carbocycles. The number of ether oxygens (including phenoxy) is 2. The number of carbonyl (C=O) groups is 2. The molecule has 2 rings (SSSR count). The molecule has 1 N–H and O–H groups in total. The summed E-state index contributed by atoms with van der Waals surface area (Å²) < 4.78 is 22.9. The maximum Gasteiger partial charge on any atom is 0.331 e. The van der Waals surface area contributed by atoms with Crippen molar-refractivity contribution in [2.75, 3.05) is 12.4 Å². The number of carbonyl (C=O) groups excluding carboxylic acids is 2. The van der Waals surface area contributed by atoms with Crippen LogP contribution in [0.3, 0.4) is 0 Å². The minimum absolute atomic E-state index is 0.359. The predicted molar refractivity (Wildman–Crippen MR) is 92.6 cm³/mol. The van der Waals surface area contributed by atoms with Gasteiger partial charge in [0.1, 0.15) is 11.6 Å². The van der Waals surface area contributed by atoms with Gasteiger partial charge in [0.25, 0.3) is 5.91 Å². The lowest BCUT2D eigenvalue weighted by atomic mass is 10.2. The molecule has 25 heavy (non-hydrogen) atoms. The Bertz CT molecular complexity index is 771. The lowest BCUT2D eigenvalue weighted by Crippen LogP contribution is -2.29. The van der Waals surface area contributed by atoms with Crippen LogP contribution in [0.1, 0.15) is 12.5 Å². The van der Waals surface area contributed by atoms with Gasteiger partial charge < -0.3 is 14.8 Å². The van der Waals surface area contributed by atoms with Crippen molar-refractivity contribution < 1.29 is 23.5 Å². The van der Waals surface area contributed by atoms with Gasteiger partial charge >= 0.3 is 5.97 Å². The molecule has 6 heteroatoms. The summed E-state index contributed by atoms with van der Waals surface area (Å²) in [5, 5.41) is 2.64. The molecular formula is C19H18FNO4. The van der Waals surface area contributed by atoms with E-state index >= 15 is 0 Å². The summed E-state index contributed by atoms with van der Waals surface area (Å²) in [6.07, 6.45) is 1.69. The zero-order valence-electron chi connectivity index (χ0n) is 13.9. The van der Waals surface area contributed by atoms with Crippen molar-refractivity contribution in [2.45, 2.75) is 13.0 Å². The maximum absolute atomic E-state index is 12.8. The van der Waals surface area contributed by atoms with E-state index in [4.69, 9.17) is 9.47 Å². The fourth-order valence-electron chi connectivity index (χ4n) is 1.95. The Morgan fingerprint density at radius 2 is 1.88 bits per heavy atom. The van der Waals surface area contributed by atoms with E-state index in [9.17, 15) is 14.0 Å². The van der Waals surface area contributed by atoms with Crippen molar-refractivity contribution in [3.05, 3.63) is 66.0 Å². The van der Waals surface area contributed by atoms with E-state index in [1.165, 1.54) is 50.5 Å². The van der Waals surface area contributed by atoms with E-state index in [0.717, 1.165) is 0 Å². The molecule has 130 valence electrons. The van der Waals surface area contributed by atoms with Gasteiger partial charge in [-0.05, 0) is 42.8 Å². The largest absolute Gasteiger partial charge is 0.497 e. The molecule has 0 heterocycles. The molecule has 0 aliphatic rings. The molecule has 0 fully saturated rings. The molecule has 1 atom stereocenters. The van der Waals surface area contributed by atoms with E-state index in [0.29, 0.717) is 17.0 Å². The first kappa shape index (κ1) is 18.2. The van der Waals surface area contributed by atoms with Crippen LogP contribution >= 0.6 is 0 Å². The summed E-state index contributed by atoms with van der Waals surface area (Å²) in [6.45, 7) is 1.47. The van der Waals surface area contributed by atoms with Crippen LogP contribution in [0, 0.1) is 5.82 Å². The highest BCUT2D eigenvalue weighted by molar-refractivity contribution is 5.96. The number of rotatable bonds is 6. The molecule has 0 aliphatic heterocycles. The zero-order chi connectivity index (χ0) is 18.2. The van der Waals surface area contributed by atoms with Crippen molar-refractivity contribution in [3.8, 4) is 5.75 Å². The minimum Gasteiger partial charge on any atom is -0.497 e. The second-order valence-electron chi connectivity index (χ2n) is 5.19. The normalized spacial score (nSPS) is 11.8. The Morgan fingerprint density at radius 1 is 1.16 bits per heavy atom. The summed E-state index contributed by atoms with van der Waals surface area (Å²) in [5.74, 6) is -0.887. The average Bonchev–Trinajstić information content (AvgIpc) is 2.61. The molecule has 5 nitrogen and oxygen atoms in total. The number of hydrogen-bond acceptors (Lipinski definition) is 4. The summed E-state index contributed by atoms with van der Waals surface area (Å²) in [6, 6.07) is 12.5. The fraction of sp³-hybridized carbons (Fsp3) is 0.158. The number of esters is 1. The van der Waals surface area contributed by atoms with Crippen LogP contribution in [-0.4, -0.2) is 25.1 Å². The van der Waals surface area contributed by atoms with Gasteiger partial charge in [-0.25, -0.2) is 9.18 Å². The summed E-state index contributed by atoms with van der Waals surface area (Å²) >= 11 is 0. The van der Waals surface area contributed by atoms with Crippen LogP contribution < -0.4 is 10.1 Å². The van der Waals surface area contributed by atoms with Gasteiger partial charge in [0, 0.05) is 17.8 Å². The maximum atomic E-state index is 12.8. The van der Waals surface area contributed by atoms with Gasteiger partial charge in [-0.15, -0.1) is 0 Å². The van der Waals surface area contributed by atoms with E-state index in [2.05, 4.69) is 5.32 Å². The quantitative estimate of drug-likeness (QED) is 0.645. The Balaban J connectivity index is 1.89. The summed E-state index contributed by atoms with van der Waals surface area (Å²) in [5.41, 5.74) is 1.18.